The molecule has 0 aliphatic heterocycles. The third-order valence-electron chi connectivity index (χ3n) is 11.8. The van der Waals surface area contributed by atoms with Crippen molar-refractivity contribution in [2.75, 3.05) is 0 Å². The molecule has 56 heavy (non-hydrogen) atoms. The summed E-state index contributed by atoms with van der Waals surface area (Å²) in [5.74, 6) is 0. The molecule has 0 radical (unpaired) electrons. The van der Waals surface area contributed by atoms with Crippen LogP contribution in [0.1, 0.15) is 0 Å². The molecule has 0 bridgehead atoms. The Kier molecular flexibility index (Phi) is 5.83. The number of nitrogens with zero attached hydrogens (tertiary/aromatic N) is 4. The number of aromatic nitrogens is 4. The van der Waals surface area contributed by atoms with Crippen LogP contribution in [-0.2, 0) is 0 Å². The highest BCUT2D eigenvalue weighted by molar-refractivity contribution is 6.24. The molecule has 0 spiro atoms. The number of hydrogen-bond donors (Lipinski definition) is 0. The Morgan fingerprint density at radius 2 is 1.00 bits per heavy atom. The Morgan fingerprint density at radius 1 is 0.375 bits per heavy atom. The first-order valence-corrected chi connectivity index (χ1v) is 19.1. The van der Waals surface area contributed by atoms with Crippen LogP contribution in [0.2, 0.25) is 0 Å². The van der Waals surface area contributed by atoms with Gasteiger partial charge in [0.25, 0.3) is 0 Å². The molecule has 0 aliphatic carbocycles. The van der Waals surface area contributed by atoms with Gasteiger partial charge >= 0.3 is 0 Å². The van der Waals surface area contributed by atoms with Gasteiger partial charge in [0, 0.05) is 49.1 Å². The maximum Gasteiger partial charge on any atom is 0.147 e. The Bertz CT molecular complexity index is 3770. The molecule has 5 aromatic heterocycles. The molecule has 0 amide bonds. The van der Waals surface area contributed by atoms with E-state index in [0.717, 1.165) is 66.5 Å². The van der Waals surface area contributed by atoms with Crippen molar-refractivity contribution in [1.82, 2.24) is 18.5 Å². The van der Waals surface area contributed by atoms with Gasteiger partial charge < -0.3 is 8.98 Å². The van der Waals surface area contributed by atoms with Gasteiger partial charge in [0.15, 0.2) is 0 Å². The molecule has 0 unspecified atom stereocenters. The van der Waals surface area contributed by atoms with E-state index in [0.29, 0.717) is 0 Å². The number of imidazole rings is 1. The van der Waals surface area contributed by atoms with Crippen LogP contribution < -0.4 is 0 Å². The number of furan rings is 1. The van der Waals surface area contributed by atoms with Crippen molar-refractivity contribution in [2.45, 2.75) is 0 Å². The van der Waals surface area contributed by atoms with Crippen LogP contribution in [0, 0.1) is 0 Å². The second-order valence-corrected chi connectivity index (χ2v) is 14.8. The van der Waals surface area contributed by atoms with Crippen molar-refractivity contribution in [2.24, 2.45) is 0 Å². The second kappa shape index (κ2) is 11.0. The molecule has 5 heteroatoms. The molecule has 0 atom stereocenters. The Hall–Kier alpha value is -7.63. The summed E-state index contributed by atoms with van der Waals surface area (Å²) in [7, 11) is 0. The van der Waals surface area contributed by atoms with E-state index in [1.807, 2.05) is 12.1 Å². The van der Waals surface area contributed by atoms with Gasteiger partial charge in [-0.3, -0.25) is 8.97 Å². The molecule has 5 heterocycles. The van der Waals surface area contributed by atoms with Crippen molar-refractivity contribution >= 4 is 93.1 Å². The quantitative estimate of drug-likeness (QED) is 0.183. The van der Waals surface area contributed by atoms with E-state index < -0.39 is 0 Å². The summed E-state index contributed by atoms with van der Waals surface area (Å²) < 4.78 is 13.5. The smallest absolute Gasteiger partial charge is 0.147 e. The van der Waals surface area contributed by atoms with Gasteiger partial charge in [0.2, 0.25) is 0 Å². The van der Waals surface area contributed by atoms with Crippen LogP contribution in [0.25, 0.3) is 116 Å². The van der Waals surface area contributed by atoms with E-state index in [2.05, 4.69) is 183 Å². The zero-order valence-corrected chi connectivity index (χ0v) is 30.0. The van der Waals surface area contributed by atoms with Gasteiger partial charge in [-0.15, -0.1) is 0 Å². The highest BCUT2D eigenvalue weighted by atomic mass is 16.3. The summed E-state index contributed by atoms with van der Waals surface area (Å²) >= 11 is 0. The molecule has 0 fully saturated rings. The zero-order valence-electron chi connectivity index (χ0n) is 30.0. The maximum atomic E-state index is 6.30. The molecule has 8 aromatic carbocycles. The van der Waals surface area contributed by atoms with Gasteiger partial charge in [0.05, 0.1) is 27.6 Å². The number of pyridine rings is 1. The van der Waals surface area contributed by atoms with E-state index in [1.165, 1.54) is 49.1 Å². The number of rotatable bonds is 3. The fraction of sp³-hybridized carbons (Fsp3) is 0. The average molecular weight is 715 g/mol. The van der Waals surface area contributed by atoms with Gasteiger partial charge in [-0.25, -0.2) is 4.98 Å². The van der Waals surface area contributed by atoms with E-state index in [4.69, 9.17) is 9.40 Å². The predicted molar refractivity (Wildman–Crippen MR) is 232 cm³/mol. The minimum atomic E-state index is 0.880. The number of para-hydroxylation sites is 5. The van der Waals surface area contributed by atoms with Gasteiger partial charge in [0.1, 0.15) is 22.5 Å². The van der Waals surface area contributed by atoms with Crippen molar-refractivity contribution in [3.63, 3.8) is 0 Å². The third-order valence-corrected chi connectivity index (χ3v) is 11.8. The van der Waals surface area contributed by atoms with E-state index in [1.54, 1.807) is 0 Å². The lowest BCUT2D eigenvalue weighted by atomic mass is 9.99. The molecule has 0 saturated heterocycles. The first kappa shape index (κ1) is 29.8. The summed E-state index contributed by atoms with van der Waals surface area (Å²) in [4.78, 5) is 5.26. The third kappa shape index (κ3) is 3.95. The van der Waals surface area contributed by atoms with Crippen molar-refractivity contribution < 1.29 is 4.42 Å². The number of benzene rings is 8. The molecule has 0 N–H and O–H groups in total. The standard InChI is InChI=1S/C51H30N4O/c1-2-12-33(13-3-1)53-43-19-9-6-14-35(43)39-28-31(22-25-44(39)53)32-23-26-45-41(29-32)49-37-16-4-5-17-38(37)50-52-42-18-8-10-20-46(42)55(50)51(49)54(45)34-24-27-48-40(30-34)36-15-7-11-21-47(36)56-48/h1-30H. The van der Waals surface area contributed by atoms with E-state index in [9.17, 15) is 0 Å². The first-order valence-electron chi connectivity index (χ1n) is 19.1. The number of hydrogen-bond acceptors (Lipinski definition) is 2. The van der Waals surface area contributed by atoms with Crippen molar-refractivity contribution in [3.05, 3.63) is 182 Å². The fourth-order valence-electron chi connectivity index (χ4n) is 9.37. The predicted octanol–water partition coefficient (Wildman–Crippen LogP) is 13.4. The minimum Gasteiger partial charge on any atom is -0.456 e. The van der Waals surface area contributed by atoms with Gasteiger partial charge in [-0.2, -0.15) is 0 Å². The van der Waals surface area contributed by atoms with Gasteiger partial charge in [-0.1, -0.05) is 103 Å². The highest BCUT2D eigenvalue weighted by Gasteiger charge is 2.23. The number of fused-ring (bicyclic) bond motifs is 16. The first-order chi connectivity index (χ1) is 27.8. The summed E-state index contributed by atoms with van der Waals surface area (Å²) in [6.45, 7) is 0. The Morgan fingerprint density at radius 3 is 1.84 bits per heavy atom. The highest BCUT2D eigenvalue weighted by Crippen LogP contribution is 2.43. The zero-order chi connectivity index (χ0) is 36.5. The molecule has 13 rings (SSSR count). The average Bonchev–Trinajstić information content (AvgIpc) is 4.01. The monoisotopic (exact) mass is 714 g/mol. The molecule has 0 saturated carbocycles. The molecule has 0 aliphatic rings. The molecular weight excluding hydrogens is 685 g/mol. The molecule has 260 valence electrons. The Balaban J connectivity index is 1.14. The van der Waals surface area contributed by atoms with Gasteiger partial charge in [-0.05, 0) is 95.4 Å². The van der Waals surface area contributed by atoms with Crippen LogP contribution in [0.3, 0.4) is 0 Å². The summed E-state index contributed by atoms with van der Waals surface area (Å²) in [5.41, 5.74) is 14.0. The largest absolute Gasteiger partial charge is 0.456 e. The normalized spacial score (nSPS) is 12.3. The SMILES string of the molecule is c1ccc(-n2c3ccccc3c3cc(-c4ccc5c(c4)c4c6ccccc6c6nc7ccccc7n6c4n5-c4ccc5oc6ccccc6c5c4)ccc32)cc1. The Labute approximate surface area is 319 Å². The van der Waals surface area contributed by atoms with Crippen molar-refractivity contribution in [3.8, 4) is 22.5 Å². The lowest BCUT2D eigenvalue weighted by molar-refractivity contribution is 0.669. The van der Waals surface area contributed by atoms with E-state index in [-0.39, 0.29) is 0 Å². The fourth-order valence-corrected chi connectivity index (χ4v) is 9.37. The van der Waals surface area contributed by atoms with Crippen LogP contribution in [-0.4, -0.2) is 18.5 Å². The topological polar surface area (TPSA) is 40.3 Å². The molecule has 5 nitrogen and oxygen atoms in total. The summed E-state index contributed by atoms with van der Waals surface area (Å²) in [6, 6.07) is 65.4. The van der Waals surface area contributed by atoms with Crippen LogP contribution in [0.4, 0.5) is 0 Å². The summed E-state index contributed by atoms with van der Waals surface area (Å²) in [5, 5.41) is 9.40. The molecular formula is C51H30N4O. The van der Waals surface area contributed by atoms with Crippen LogP contribution >= 0.6 is 0 Å². The minimum absolute atomic E-state index is 0.880. The van der Waals surface area contributed by atoms with E-state index >= 15 is 0 Å². The maximum absolute atomic E-state index is 6.30. The van der Waals surface area contributed by atoms with Crippen LogP contribution in [0.5, 0.6) is 0 Å². The van der Waals surface area contributed by atoms with Crippen molar-refractivity contribution in [1.29, 1.82) is 0 Å². The molecule has 13 aromatic rings. The summed E-state index contributed by atoms with van der Waals surface area (Å²) in [6.07, 6.45) is 0. The van der Waals surface area contributed by atoms with Crippen LogP contribution in [0.15, 0.2) is 186 Å². The second-order valence-electron chi connectivity index (χ2n) is 14.8. The lowest BCUT2D eigenvalue weighted by Gasteiger charge is -2.12. The lowest BCUT2D eigenvalue weighted by Crippen LogP contribution is -1.99.